The number of hydrogen-bond acceptors (Lipinski definition) is 7. The van der Waals surface area contributed by atoms with Crippen LogP contribution in [0, 0.1) is 0 Å². The number of benzene rings is 2. The third kappa shape index (κ3) is 4.05. The Morgan fingerprint density at radius 2 is 1.81 bits per heavy atom. The zero-order valence-corrected chi connectivity index (χ0v) is 17.8. The standard InChI is InChI=1S/C24H29NO6/c1-28-17-3-5-21-18(13-17)19(26)14-24(31-21)6-8-25(9-7-24)15-20(27)16-2-4-22-23(12-16)30-11-10-29-22/h2-5,12-13,19-20,26-27H,6-11,14-15H2,1H3. The van der Waals surface area contributed by atoms with Gasteiger partial charge in [-0.05, 0) is 48.7 Å². The van der Waals surface area contributed by atoms with Crippen LogP contribution in [0.25, 0.3) is 0 Å². The number of rotatable bonds is 4. The first-order chi connectivity index (χ1) is 15.0. The van der Waals surface area contributed by atoms with E-state index in [0.29, 0.717) is 31.9 Å². The van der Waals surface area contributed by atoms with Crippen molar-refractivity contribution in [3.05, 3.63) is 47.5 Å². The highest BCUT2D eigenvalue weighted by Gasteiger charge is 2.43. The van der Waals surface area contributed by atoms with E-state index in [0.717, 1.165) is 54.3 Å². The number of aliphatic hydroxyl groups excluding tert-OH is 2. The summed E-state index contributed by atoms with van der Waals surface area (Å²) in [5.74, 6) is 2.89. The largest absolute Gasteiger partial charge is 0.497 e. The molecule has 3 heterocycles. The zero-order chi connectivity index (χ0) is 21.4. The number of nitrogens with zero attached hydrogens (tertiary/aromatic N) is 1. The quantitative estimate of drug-likeness (QED) is 0.777. The summed E-state index contributed by atoms with van der Waals surface area (Å²) in [6.07, 6.45) is 1.03. The second kappa shape index (κ2) is 8.22. The summed E-state index contributed by atoms with van der Waals surface area (Å²) in [7, 11) is 1.62. The van der Waals surface area contributed by atoms with Crippen LogP contribution in [0.3, 0.4) is 0 Å². The van der Waals surface area contributed by atoms with Crippen LogP contribution >= 0.6 is 0 Å². The SMILES string of the molecule is COc1ccc2c(c1)C(O)CC1(CCN(CC(O)c3ccc4c(c3)OCCO4)CC1)O2. The normalized spacial score (nSPS) is 23.0. The lowest BCUT2D eigenvalue weighted by Crippen LogP contribution is -2.51. The lowest BCUT2D eigenvalue weighted by molar-refractivity contribution is -0.0588. The van der Waals surface area contributed by atoms with Crippen LogP contribution in [0.1, 0.15) is 42.6 Å². The van der Waals surface area contributed by atoms with Crippen molar-refractivity contribution in [3.8, 4) is 23.0 Å². The Hall–Kier alpha value is -2.48. The molecule has 166 valence electrons. The Kier molecular flexibility index (Phi) is 5.42. The Morgan fingerprint density at radius 3 is 2.58 bits per heavy atom. The Balaban J connectivity index is 1.21. The molecule has 5 rings (SSSR count). The average Bonchev–Trinajstić information content (AvgIpc) is 2.80. The molecule has 31 heavy (non-hydrogen) atoms. The van der Waals surface area contributed by atoms with Crippen LogP contribution in [-0.4, -0.2) is 60.7 Å². The van der Waals surface area contributed by atoms with Crippen LogP contribution in [-0.2, 0) is 0 Å². The van der Waals surface area contributed by atoms with E-state index < -0.39 is 12.2 Å². The molecule has 1 spiro atoms. The van der Waals surface area contributed by atoms with Crippen LogP contribution < -0.4 is 18.9 Å². The van der Waals surface area contributed by atoms with Crippen molar-refractivity contribution in [3.63, 3.8) is 0 Å². The van der Waals surface area contributed by atoms with E-state index in [9.17, 15) is 10.2 Å². The number of likely N-dealkylation sites (tertiary alicyclic amines) is 1. The Bertz CT molecular complexity index is 940. The Morgan fingerprint density at radius 1 is 1.06 bits per heavy atom. The molecule has 3 aliphatic heterocycles. The number of hydrogen-bond donors (Lipinski definition) is 2. The highest BCUT2D eigenvalue weighted by Crippen LogP contribution is 2.45. The molecule has 0 aromatic heterocycles. The summed E-state index contributed by atoms with van der Waals surface area (Å²) < 4.78 is 22.9. The first kappa shape index (κ1) is 20.4. The first-order valence-electron chi connectivity index (χ1n) is 10.9. The van der Waals surface area contributed by atoms with E-state index in [1.165, 1.54) is 0 Å². The number of aliphatic hydroxyl groups is 2. The first-order valence-corrected chi connectivity index (χ1v) is 10.9. The van der Waals surface area contributed by atoms with Crippen molar-refractivity contribution in [2.24, 2.45) is 0 Å². The molecule has 2 atom stereocenters. The second-order valence-electron chi connectivity index (χ2n) is 8.63. The van der Waals surface area contributed by atoms with Gasteiger partial charge >= 0.3 is 0 Å². The van der Waals surface area contributed by atoms with Gasteiger partial charge in [-0.15, -0.1) is 0 Å². The smallest absolute Gasteiger partial charge is 0.161 e. The molecule has 2 unspecified atom stereocenters. The highest BCUT2D eigenvalue weighted by molar-refractivity contribution is 5.45. The minimum atomic E-state index is -0.601. The second-order valence-corrected chi connectivity index (χ2v) is 8.63. The van der Waals surface area contributed by atoms with Gasteiger partial charge in [0.1, 0.15) is 30.3 Å². The minimum absolute atomic E-state index is 0.362. The van der Waals surface area contributed by atoms with E-state index in [-0.39, 0.29) is 5.60 Å². The fourth-order valence-electron chi connectivity index (χ4n) is 4.81. The van der Waals surface area contributed by atoms with Gasteiger partial charge < -0.3 is 34.1 Å². The zero-order valence-electron chi connectivity index (χ0n) is 17.8. The maximum atomic E-state index is 10.8. The van der Waals surface area contributed by atoms with Crippen molar-refractivity contribution in [2.75, 3.05) is 40.0 Å². The monoisotopic (exact) mass is 427 g/mol. The third-order valence-corrected chi connectivity index (χ3v) is 6.62. The van der Waals surface area contributed by atoms with Gasteiger partial charge in [0.2, 0.25) is 0 Å². The highest BCUT2D eigenvalue weighted by atomic mass is 16.6. The van der Waals surface area contributed by atoms with Gasteiger partial charge in [0.05, 0.1) is 19.3 Å². The van der Waals surface area contributed by atoms with Crippen molar-refractivity contribution in [2.45, 2.75) is 37.1 Å². The molecule has 0 amide bonds. The van der Waals surface area contributed by atoms with Crippen LogP contribution in [0.15, 0.2) is 36.4 Å². The molecule has 1 fully saturated rings. The topological polar surface area (TPSA) is 80.6 Å². The summed E-state index contributed by atoms with van der Waals surface area (Å²) >= 11 is 0. The number of methoxy groups -OCH3 is 1. The summed E-state index contributed by atoms with van der Waals surface area (Å²) in [5.41, 5.74) is 1.26. The lowest BCUT2D eigenvalue weighted by atomic mass is 9.81. The van der Waals surface area contributed by atoms with E-state index >= 15 is 0 Å². The van der Waals surface area contributed by atoms with Crippen molar-refractivity contribution >= 4 is 0 Å². The summed E-state index contributed by atoms with van der Waals surface area (Å²) in [4.78, 5) is 2.26. The molecular weight excluding hydrogens is 398 g/mol. The molecular formula is C24H29NO6. The number of fused-ring (bicyclic) bond motifs is 2. The van der Waals surface area contributed by atoms with Crippen molar-refractivity contribution in [1.29, 1.82) is 0 Å². The van der Waals surface area contributed by atoms with E-state index in [2.05, 4.69) is 4.90 Å². The molecule has 2 N–H and O–H groups in total. The van der Waals surface area contributed by atoms with Gasteiger partial charge in [-0.2, -0.15) is 0 Å². The molecule has 2 aromatic rings. The van der Waals surface area contributed by atoms with Gasteiger partial charge in [-0.3, -0.25) is 0 Å². The van der Waals surface area contributed by atoms with Crippen LogP contribution in [0.5, 0.6) is 23.0 Å². The fraction of sp³-hybridized carbons (Fsp3) is 0.500. The lowest BCUT2D eigenvalue weighted by Gasteiger charge is -2.46. The average molecular weight is 427 g/mol. The molecule has 7 nitrogen and oxygen atoms in total. The van der Waals surface area contributed by atoms with Gasteiger partial charge in [-0.1, -0.05) is 6.07 Å². The van der Waals surface area contributed by atoms with Crippen LogP contribution in [0.2, 0.25) is 0 Å². The van der Waals surface area contributed by atoms with Crippen molar-refractivity contribution < 1.29 is 29.2 Å². The molecule has 1 saturated heterocycles. The molecule has 7 heteroatoms. The molecule has 3 aliphatic rings. The number of ether oxygens (including phenoxy) is 4. The number of piperidine rings is 1. The van der Waals surface area contributed by atoms with E-state index in [4.69, 9.17) is 18.9 Å². The third-order valence-electron chi connectivity index (χ3n) is 6.62. The van der Waals surface area contributed by atoms with Crippen molar-refractivity contribution in [1.82, 2.24) is 4.90 Å². The molecule has 0 radical (unpaired) electrons. The molecule has 0 aliphatic carbocycles. The summed E-state index contributed by atoms with van der Waals surface area (Å²) in [5, 5.41) is 21.5. The van der Waals surface area contributed by atoms with Crippen LogP contribution in [0.4, 0.5) is 0 Å². The predicted molar refractivity (Wildman–Crippen MR) is 114 cm³/mol. The maximum absolute atomic E-state index is 10.8. The molecule has 0 saturated carbocycles. The van der Waals surface area contributed by atoms with Gasteiger partial charge in [0.15, 0.2) is 11.5 Å². The van der Waals surface area contributed by atoms with E-state index in [1.54, 1.807) is 7.11 Å². The predicted octanol–water partition coefficient (Wildman–Crippen LogP) is 2.85. The van der Waals surface area contributed by atoms with Gasteiger partial charge in [0.25, 0.3) is 0 Å². The Labute approximate surface area is 182 Å². The van der Waals surface area contributed by atoms with Gasteiger partial charge in [0, 0.05) is 31.6 Å². The summed E-state index contributed by atoms with van der Waals surface area (Å²) in [6, 6.07) is 11.2. The maximum Gasteiger partial charge on any atom is 0.161 e. The number of β-amino-alcohol motifs (C(OH)–C–C–N with tert-alkyl or cyclic N) is 1. The fourth-order valence-corrected chi connectivity index (χ4v) is 4.81. The summed E-state index contributed by atoms with van der Waals surface area (Å²) in [6.45, 7) is 3.24. The molecule has 0 bridgehead atoms. The minimum Gasteiger partial charge on any atom is -0.497 e. The molecule has 2 aromatic carbocycles. The van der Waals surface area contributed by atoms with Gasteiger partial charge in [-0.25, -0.2) is 0 Å². The van der Waals surface area contributed by atoms with E-state index in [1.807, 2.05) is 36.4 Å².